The van der Waals surface area contributed by atoms with Gasteiger partial charge >= 0.3 is 0 Å². The van der Waals surface area contributed by atoms with Gasteiger partial charge in [-0.2, -0.15) is 5.10 Å². The van der Waals surface area contributed by atoms with E-state index in [0.717, 1.165) is 52.5 Å². The molecule has 1 fully saturated rings. The van der Waals surface area contributed by atoms with E-state index in [0.29, 0.717) is 11.9 Å². The summed E-state index contributed by atoms with van der Waals surface area (Å²) in [4.78, 5) is 9.22. The molecule has 164 valence electrons. The van der Waals surface area contributed by atoms with E-state index in [1.54, 1.807) is 6.20 Å². The summed E-state index contributed by atoms with van der Waals surface area (Å²) < 4.78 is 6.37. The minimum atomic E-state index is 0.300. The molecule has 1 saturated carbocycles. The van der Waals surface area contributed by atoms with E-state index in [4.69, 9.17) is 9.72 Å². The van der Waals surface area contributed by atoms with Crippen LogP contribution < -0.4 is 10.1 Å². The molecule has 32 heavy (non-hydrogen) atoms. The molecule has 2 aromatic carbocycles. The Morgan fingerprint density at radius 1 is 1.06 bits per heavy atom. The van der Waals surface area contributed by atoms with Crippen LogP contribution in [-0.4, -0.2) is 26.3 Å². The lowest BCUT2D eigenvalue weighted by Crippen LogP contribution is -2.15. The van der Waals surface area contributed by atoms with E-state index >= 15 is 0 Å². The quantitative estimate of drug-likeness (QED) is 0.343. The van der Waals surface area contributed by atoms with Crippen molar-refractivity contribution in [3.8, 4) is 17.1 Å². The summed E-state index contributed by atoms with van der Waals surface area (Å²) in [5.74, 6) is 3.18. The second kappa shape index (κ2) is 9.39. The van der Waals surface area contributed by atoms with Gasteiger partial charge in [-0.15, -0.1) is 0 Å². The molecule has 2 atom stereocenters. The van der Waals surface area contributed by atoms with Crippen LogP contribution >= 0.6 is 0 Å². The Hall–Kier alpha value is -3.41. The van der Waals surface area contributed by atoms with Gasteiger partial charge in [-0.05, 0) is 68.0 Å². The van der Waals surface area contributed by atoms with Crippen molar-refractivity contribution in [2.24, 2.45) is 5.92 Å². The molecule has 0 aliphatic heterocycles. The summed E-state index contributed by atoms with van der Waals surface area (Å²) in [6.45, 7) is 2.30. The maximum Gasteiger partial charge on any atom is 0.161 e. The van der Waals surface area contributed by atoms with Gasteiger partial charge in [0, 0.05) is 22.8 Å². The molecule has 6 nitrogen and oxygen atoms in total. The van der Waals surface area contributed by atoms with Crippen molar-refractivity contribution in [2.75, 3.05) is 5.32 Å². The van der Waals surface area contributed by atoms with Crippen LogP contribution in [0, 0.1) is 5.92 Å². The Morgan fingerprint density at radius 3 is 2.97 bits per heavy atom. The predicted octanol–water partition coefficient (Wildman–Crippen LogP) is 6.50. The molecule has 0 saturated heterocycles. The molecule has 2 N–H and O–H groups in total. The highest BCUT2D eigenvalue weighted by molar-refractivity contribution is 5.82. The molecule has 2 heterocycles. The highest BCUT2D eigenvalue weighted by Gasteiger charge is 2.19. The van der Waals surface area contributed by atoms with Crippen LogP contribution in [0.3, 0.4) is 0 Å². The zero-order valence-electron chi connectivity index (χ0n) is 18.4. The topological polar surface area (TPSA) is 75.7 Å². The molecule has 2 unspecified atom stereocenters. The zero-order valence-corrected chi connectivity index (χ0v) is 18.4. The number of rotatable bonds is 6. The molecule has 1 aliphatic rings. The number of hydrogen-bond acceptors (Lipinski definition) is 5. The van der Waals surface area contributed by atoms with Gasteiger partial charge in [-0.1, -0.05) is 31.9 Å². The summed E-state index contributed by atoms with van der Waals surface area (Å²) in [5, 5.41) is 11.5. The monoisotopic (exact) mass is 427 g/mol. The van der Waals surface area contributed by atoms with Crippen molar-refractivity contribution >= 4 is 22.4 Å². The SMILES string of the molecule is CCC1CCCC(Oc2cccc(-c3nccc(Nc4ccc5[nH]ncc5c4)n3)c2)CC1. The van der Waals surface area contributed by atoms with Gasteiger partial charge < -0.3 is 10.1 Å². The molecule has 6 heteroatoms. The van der Waals surface area contributed by atoms with Crippen molar-refractivity contribution in [2.45, 2.75) is 51.6 Å². The first-order valence-corrected chi connectivity index (χ1v) is 11.6. The number of hydrogen-bond donors (Lipinski definition) is 2. The van der Waals surface area contributed by atoms with Crippen LogP contribution in [0.5, 0.6) is 5.75 Å². The lowest BCUT2D eigenvalue weighted by molar-refractivity contribution is 0.182. The molecule has 0 bridgehead atoms. The van der Waals surface area contributed by atoms with Crippen LogP contribution in [0.4, 0.5) is 11.5 Å². The Kier molecular flexibility index (Phi) is 6.01. The normalized spacial score (nSPS) is 18.9. The molecule has 5 rings (SSSR count). The van der Waals surface area contributed by atoms with E-state index in [2.05, 4.69) is 33.5 Å². The van der Waals surface area contributed by atoms with Gasteiger partial charge in [0.05, 0.1) is 17.8 Å². The first-order chi connectivity index (χ1) is 15.8. The highest BCUT2D eigenvalue weighted by atomic mass is 16.5. The van der Waals surface area contributed by atoms with Crippen LogP contribution in [0.2, 0.25) is 0 Å². The van der Waals surface area contributed by atoms with Crippen LogP contribution in [0.15, 0.2) is 60.9 Å². The minimum absolute atomic E-state index is 0.300. The number of H-pyrrole nitrogens is 1. The first-order valence-electron chi connectivity index (χ1n) is 11.6. The fraction of sp³-hybridized carbons (Fsp3) is 0.346. The van der Waals surface area contributed by atoms with E-state index < -0.39 is 0 Å². The van der Waals surface area contributed by atoms with Gasteiger partial charge in [-0.25, -0.2) is 9.97 Å². The number of anilines is 2. The maximum atomic E-state index is 6.37. The fourth-order valence-corrected chi connectivity index (χ4v) is 4.51. The lowest BCUT2D eigenvalue weighted by Gasteiger charge is -2.18. The third-order valence-electron chi connectivity index (χ3n) is 6.38. The number of aromatic nitrogens is 4. The smallest absolute Gasteiger partial charge is 0.161 e. The highest BCUT2D eigenvalue weighted by Crippen LogP contribution is 2.30. The van der Waals surface area contributed by atoms with E-state index in [1.165, 1.54) is 25.7 Å². The summed E-state index contributed by atoms with van der Waals surface area (Å²) >= 11 is 0. The van der Waals surface area contributed by atoms with Crippen molar-refractivity contribution in [3.63, 3.8) is 0 Å². The third kappa shape index (κ3) is 4.74. The molecule has 2 aromatic heterocycles. The van der Waals surface area contributed by atoms with Gasteiger partial charge in [0.1, 0.15) is 11.6 Å². The number of nitrogens with one attached hydrogen (secondary N) is 2. The third-order valence-corrected chi connectivity index (χ3v) is 6.38. The molecule has 1 aliphatic carbocycles. The Bertz CT molecular complexity index is 1190. The Labute approximate surface area is 188 Å². The fourth-order valence-electron chi connectivity index (χ4n) is 4.51. The standard InChI is InChI=1S/C26H29N5O/c1-2-18-5-3-7-22(11-9-18)32-23-8-4-6-19(16-23)26-27-14-13-25(30-26)29-21-10-12-24-20(15-21)17-28-31-24/h4,6,8,10,12-18,22H,2-3,5,7,9,11H2,1H3,(H,28,31)(H,27,29,30). The Morgan fingerprint density at radius 2 is 2.03 bits per heavy atom. The van der Waals surface area contributed by atoms with Gasteiger partial charge in [0.25, 0.3) is 0 Å². The zero-order chi connectivity index (χ0) is 21.8. The van der Waals surface area contributed by atoms with Crippen molar-refractivity contribution in [1.82, 2.24) is 20.2 Å². The molecule has 0 amide bonds. The van der Waals surface area contributed by atoms with Crippen LogP contribution in [0.1, 0.15) is 45.4 Å². The lowest BCUT2D eigenvalue weighted by atomic mass is 9.98. The summed E-state index contributed by atoms with van der Waals surface area (Å²) in [6.07, 6.45) is 11.3. The second-order valence-electron chi connectivity index (χ2n) is 8.61. The minimum Gasteiger partial charge on any atom is -0.490 e. The van der Waals surface area contributed by atoms with E-state index in [1.807, 2.05) is 48.7 Å². The number of ether oxygens (including phenoxy) is 1. The van der Waals surface area contributed by atoms with E-state index in [-0.39, 0.29) is 0 Å². The molecule has 0 spiro atoms. The van der Waals surface area contributed by atoms with Gasteiger partial charge in [-0.3, -0.25) is 5.10 Å². The number of fused-ring (bicyclic) bond motifs is 1. The maximum absolute atomic E-state index is 6.37. The van der Waals surface area contributed by atoms with Crippen molar-refractivity contribution in [1.29, 1.82) is 0 Å². The summed E-state index contributed by atoms with van der Waals surface area (Å²) in [5.41, 5.74) is 2.92. The summed E-state index contributed by atoms with van der Waals surface area (Å²) in [6, 6.07) is 16.1. The molecular formula is C26H29N5O. The second-order valence-corrected chi connectivity index (χ2v) is 8.61. The predicted molar refractivity (Wildman–Crippen MR) is 128 cm³/mol. The average Bonchev–Trinajstić information content (AvgIpc) is 3.17. The number of aromatic amines is 1. The largest absolute Gasteiger partial charge is 0.490 e. The average molecular weight is 428 g/mol. The van der Waals surface area contributed by atoms with Crippen LogP contribution in [0.25, 0.3) is 22.3 Å². The van der Waals surface area contributed by atoms with E-state index in [9.17, 15) is 0 Å². The molecule has 0 radical (unpaired) electrons. The van der Waals surface area contributed by atoms with Crippen molar-refractivity contribution in [3.05, 3.63) is 60.9 Å². The van der Waals surface area contributed by atoms with Gasteiger partial charge in [0.2, 0.25) is 0 Å². The number of nitrogens with zero attached hydrogens (tertiary/aromatic N) is 3. The van der Waals surface area contributed by atoms with Gasteiger partial charge in [0.15, 0.2) is 5.82 Å². The molecule has 4 aromatic rings. The van der Waals surface area contributed by atoms with Crippen molar-refractivity contribution < 1.29 is 4.74 Å². The molecular weight excluding hydrogens is 398 g/mol. The summed E-state index contributed by atoms with van der Waals surface area (Å²) in [7, 11) is 0. The number of benzene rings is 2. The Balaban J connectivity index is 1.30. The van der Waals surface area contributed by atoms with Crippen LogP contribution in [-0.2, 0) is 0 Å². The first kappa shape index (κ1) is 20.5.